The van der Waals surface area contributed by atoms with E-state index in [1.165, 1.54) is 6.92 Å². The SMILES string of the molecule is CCS(=O)(=O)c1ccc(F)c(C(=O)Cl)c1. The van der Waals surface area contributed by atoms with Crippen LogP contribution in [0.1, 0.15) is 17.3 Å². The van der Waals surface area contributed by atoms with Gasteiger partial charge in [0.25, 0.3) is 5.24 Å². The van der Waals surface area contributed by atoms with Crippen LogP contribution in [0.25, 0.3) is 0 Å². The number of benzene rings is 1. The molecule has 0 radical (unpaired) electrons. The molecule has 15 heavy (non-hydrogen) atoms. The standard InChI is InChI=1S/C9H8ClFO3S/c1-2-15(13,14)6-3-4-8(11)7(5-6)9(10)12/h3-5H,2H2,1H3. The van der Waals surface area contributed by atoms with Crippen LogP contribution in [0.5, 0.6) is 0 Å². The number of halogens is 2. The summed E-state index contributed by atoms with van der Waals surface area (Å²) in [4.78, 5) is 10.7. The number of carbonyl (C=O) groups is 1. The van der Waals surface area contributed by atoms with Crippen LogP contribution in [0.15, 0.2) is 23.1 Å². The molecule has 0 aliphatic heterocycles. The van der Waals surface area contributed by atoms with E-state index in [4.69, 9.17) is 11.6 Å². The Morgan fingerprint density at radius 2 is 2.07 bits per heavy atom. The van der Waals surface area contributed by atoms with Crippen LogP contribution in [0.3, 0.4) is 0 Å². The van der Waals surface area contributed by atoms with Gasteiger partial charge in [-0.1, -0.05) is 6.92 Å². The highest BCUT2D eigenvalue weighted by Crippen LogP contribution is 2.17. The molecule has 0 saturated carbocycles. The lowest BCUT2D eigenvalue weighted by Gasteiger charge is -2.03. The largest absolute Gasteiger partial charge is 0.275 e. The third-order valence-corrected chi connectivity index (χ3v) is 3.82. The first-order valence-electron chi connectivity index (χ1n) is 4.10. The first-order valence-corrected chi connectivity index (χ1v) is 6.13. The lowest BCUT2D eigenvalue weighted by atomic mass is 10.2. The maximum Gasteiger partial charge on any atom is 0.255 e. The molecule has 1 aromatic rings. The second-order valence-electron chi connectivity index (χ2n) is 2.82. The van der Waals surface area contributed by atoms with Crippen molar-refractivity contribution in [2.24, 2.45) is 0 Å². The highest BCUT2D eigenvalue weighted by Gasteiger charge is 2.16. The predicted molar refractivity (Wildman–Crippen MR) is 54.3 cm³/mol. The van der Waals surface area contributed by atoms with Crippen LogP contribution in [0.2, 0.25) is 0 Å². The van der Waals surface area contributed by atoms with E-state index in [1.807, 2.05) is 0 Å². The summed E-state index contributed by atoms with van der Waals surface area (Å²) >= 11 is 5.10. The van der Waals surface area contributed by atoms with Gasteiger partial charge in [-0.15, -0.1) is 0 Å². The fourth-order valence-corrected chi connectivity index (χ4v) is 2.07. The van der Waals surface area contributed by atoms with Gasteiger partial charge in [0.1, 0.15) is 5.82 Å². The molecule has 0 amide bonds. The minimum absolute atomic E-state index is 0.101. The quantitative estimate of drug-likeness (QED) is 0.609. The third kappa shape index (κ3) is 2.54. The van der Waals surface area contributed by atoms with Crippen molar-refractivity contribution in [3.63, 3.8) is 0 Å². The van der Waals surface area contributed by atoms with Crippen LogP contribution < -0.4 is 0 Å². The third-order valence-electron chi connectivity index (χ3n) is 1.89. The van der Waals surface area contributed by atoms with E-state index in [9.17, 15) is 17.6 Å². The highest BCUT2D eigenvalue weighted by molar-refractivity contribution is 7.91. The number of sulfone groups is 1. The number of rotatable bonds is 3. The van der Waals surface area contributed by atoms with Gasteiger partial charge in [0.15, 0.2) is 9.84 Å². The highest BCUT2D eigenvalue weighted by atomic mass is 35.5. The summed E-state index contributed by atoms with van der Waals surface area (Å²) < 4.78 is 35.8. The molecular weight excluding hydrogens is 243 g/mol. The Hall–Kier alpha value is -0.940. The van der Waals surface area contributed by atoms with Crippen molar-refractivity contribution in [3.05, 3.63) is 29.6 Å². The molecule has 0 bridgehead atoms. The van der Waals surface area contributed by atoms with Crippen LogP contribution in [-0.4, -0.2) is 19.4 Å². The summed E-state index contributed by atoms with van der Waals surface area (Å²) in [6.45, 7) is 1.46. The Kier molecular flexibility index (Phi) is 3.46. The van der Waals surface area contributed by atoms with Crippen molar-refractivity contribution >= 4 is 26.7 Å². The van der Waals surface area contributed by atoms with Crippen LogP contribution in [0, 0.1) is 5.82 Å². The normalized spacial score (nSPS) is 11.4. The van der Waals surface area contributed by atoms with Crippen molar-refractivity contribution in [1.82, 2.24) is 0 Å². The van der Waals surface area contributed by atoms with E-state index in [2.05, 4.69) is 0 Å². The number of carbonyl (C=O) groups excluding carboxylic acids is 1. The molecule has 0 aromatic heterocycles. The van der Waals surface area contributed by atoms with Gasteiger partial charge in [-0.3, -0.25) is 4.79 Å². The molecule has 1 aromatic carbocycles. The summed E-state index contributed by atoms with van der Waals surface area (Å²) in [6.07, 6.45) is 0. The van der Waals surface area contributed by atoms with Gasteiger partial charge in [-0.2, -0.15) is 0 Å². The van der Waals surface area contributed by atoms with Crippen molar-refractivity contribution in [2.75, 3.05) is 5.75 Å². The van der Waals surface area contributed by atoms with Crippen molar-refractivity contribution in [2.45, 2.75) is 11.8 Å². The van der Waals surface area contributed by atoms with Gasteiger partial charge in [0.05, 0.1) is 16.2 Å². The van der Waals surface area contributed by atoms with Crippen molar-refractivity contribution in [1.29, 1.82) is 0 Å². The molecule has 1 rings (SSSR count). The molecule has 0 heterocycles. The average molecular weight is 251 g/mol. The lowest BCUT2D eigenvalue weighted by Crippen LogP contribution is -2.06. The van der Waals surface area contributed by atoms with E-state index in [0.29, 0.717) is 0 Å². The van der Waals surface area contributed by atoms with Crippen molar-refractivity contribution < 1.29 is 17.6 Å². The average Bonchev–Trinajstić information content (AvgIpc) is 2.17. The van der Waals surface area contributed by atoms with Crippen molar-refractivity contribution in [3.8, 4) is 0 Å². The molecule has 0 saturated heterocycles. The first-order chi connectivity index (χ1) is 6.88. The van der Waals surface area contributed by atoms with Crippen LogP contribution >= 0.6 is 11.6 Å². The summed E-state index contributed by atoms with van der Waals surface area (Å²) in [6, 6.07) is 2.97. The Balaban J connectivity index is 3.38. The first kappa shape index (κ1) is 12.1. The molecule has 0 fully saturated rings. The van der Waals surface area contributed by atoms with Gasteiger partial charge in [0.2, 0.25) is 0 Å². The van der Waals surface area contributed by atoms with Gasteiger partial charge in [-0.25, -0.2) is 12.8 Å². The fraction of sp³-hybridized carbons (Fsp3) is 0.222. The van der Waals surface area contributed by atoms with Gasteiger partial charge < -0.3 is 0 Å². The molecule has 6 heteroatoms. The van der Waals surface area contributed by atoms with E-state index in [0.717, 1.165) is 18.2 Å². The van der Waals surface area contributed by atoms with E-state index < -0.39 is 26.5 Å². The Morgan fingerprint density at radius 1 is 1.47 bits per heavy atom. The van der Waals surface area contributed by atoms with E-state index >= 15 is 0 Å². The Labute approximate surface area is 91.8 Å². The topological polar surface area (TPSA) is 51.2 Å². The molecule has 0 aliphatic rings. The smallest absolute Gasteiger partial charge is 0.255 e. The number of hydrogen-bond donors (Lipinski definition) is 0. The molecule has 0 unspecified atom stereocenters. The van der Waals surface area contributed by atoms with Crippen LogP contribution in [-0.2, 0) is 9.84 Å². The second kappa shape index (κ2) is 4.28. The zero-order valence-corrected chi connectivity index (χ0v) is 9.40. The van der Waals surface area contributed by atoms with Gasteiger partial charge >= 0.3 is 0 Å². The Morgan fingerprint density at radius 3 is 2.53 bits per heavy atom. The number of hydrogen-bond acceptors (Lipinski definition) is 3. The second-order valence-corrected chi connectivity index (χ2v) is 5.44. The lowest BCUT2D eigenvalue weighted by molar-refractivity contribution is 0.107. The molecule has 3 nitrogen and oxygen atoms in total. The van der Waals surface area contributed by atoms with Crippen LogP contribution in [0.4, 0.5) is 4.39 Å². The molecule has 0 atom stereocenters. The molecule has 82 valence electrons. The summed E-state index contributed by atoms with van der Waals surface area (Å²) in [5.74, 6) is -0.945. The maximum atomic E-state index is 13.0. The molecular formula is C9H8ClFO3S. The zero-order valence-electron chi connectivity index (χ0n) is 7.83. The summed E-state index contributed by atoms with van der Waals surface area (Å²) in [5, 5.41) is -1.01. The fourth-order valence-electron chi connectivity index (χ4n) is 1.02. The predicted octanol–water partition coefficient (Wildman–Crippen LogP) is 2.00. The van der Waals surface area contributed by atoms with E-state index in [-0.39, 0.29) is 10.6 Å². The minimum Gasteiger partial charge on any atom is -0.275 e. The minimum atomic E-state index is -3.45. The summed E-state index contributed by atoms with van der Waals surface area (Å²) in [7, 11) is -3.45. The summed E-state index contributed by atoms with van der Waals surface area (Å²) in [5.41, 5.74) is -0.425. The Bertz CT molecular complexity index is 496. The zero-order chi connectivity index (χ0) is 11.6. The van der Waals surface area contributed by atoms with Gasteiger partial charge in [0, 0.05) is 0 Å². The maximum absolute atomic E-state index is 13.0. The van der Waals surface area contributed by atoms with Gasteiger partial charge in [-0.05, 0) is 29.8 Å². The monoisotopic (exact) mass is 250 g/mol. The molecule has 0 spiro atoms. The molecule has 0 N–H and O–H groups in total. The van der Waals surface area contributed by atoms with E-state index in [1.54, 1.807) is 0 Å². The molecule has 0 aliphatic carbocycles.